The summed E-state index contributed by atoms with van der Waals surface area (Å²) in [5.74, 6) is 0.0563. The van der Waals surface area contributed by atoms with E-state index in [1.54, 1.807) is 4.90 Å². The van der Waals surface area contributed by atoms with Gasteiger partial charge in [0.2, 0.25) is 5.91 Å². The molecular formula is C29H26N2O3. The molecule has 1 N–H and O–H groups in total. The van der Waals surface area contributed by atoms with Crippen LogP contribution in [0.4, 0.5) is 5.69 Å². The van der Waals surface area contributed by atoms with E-state index in [1.165, 1.54) is 0 Å². The van der Waals surface area contributed by atoms with E-state index in [2.05, 4.69) is 5.32 Å². The van der Waals surface area contributed by atoms with Crippen molar-refractivity contribution in [3.8, 4) is 5.75 Å². The summed E-state index contributed by atoms with van der Waals surface area (Å²) in [4.78, 5) is 29.0. The SMILES string of the molecule is CCOc1ccc2ccccc2c1C(=O)N1CC(=O)Nc2ccc(C)cc2C1c1ccccc1. The van der Waals surface area contributed by atoms with Crippen LogP contribution in [-0.4, -0.2) is 29.9 Å². The summed E-state index contributed by atoms with van der Waals surface area (Å²) in [6, 6.07) is 26.9. The molecule has 0 radical (unpaired) electrons. The average Bonchev–Trinajstić information content (AvgIpc) is 2.99. The lowest BCUT2D eigenvalue weighted by Gasteiger charge is -2.31. The van der Waals surface area contributed by atoms with E-state index in [-0.39, 0.29) is 18.4 Å². The number of nitrogens with one attached hydrogen (secondary N) is 1. The van der Waals surface area contributed by atoms with Gasteiger partial charge >= 0.3 is 0 Å². The topological polar surface area (TPSA) is 58.6 Å². The van der Waals surface area contributed by atoms with Gasteiger partial charge in [-0.3, -0.25) is 9.59 Å². The molecule has 5 heteroatoms. The van der Waals surface area contributed by atoms with Gasteiger partial charge in [-0.25, -0.2) is 0 Å². The molecule has 5 rings (SSSR count). The third kappa shape index (κ3) is 3.90. The van der Waals surface area contributed by atoms with Crippen molar-refractivity contribution >= 4 is 28.3 Å². The highest BCUT2D eigenvalue weighted by atomic mass is 16.5. The molecule has 1 atom stereocenters. The zero-order valence-corrected chi connectivity index (χ0v) is 19.2. The zero-order valence-electron chi connectivity index (χ0n) is 19.2. The molecule has 2 amide bonds. The van der Waals surface area contributed by atoms with Crippen LogP contribution in [0.1, 0.15) is 40.0 Å². The molecule has 1 aliphatic rings. The van der Waals surface area contributed by atoms with E-state index in [4.69, 9.17) is 4.74 Å². The third-order valence-electron chi connectivity index (χ3n) is 6.18. The first-order valence-corrected chi connectivity index (χ1v) is 11.5. The minimum Gasteiger partial charge on any atom is -0.493 e. The fraction of sp³-hybridized carbons (Fsp3) is 0.172. The van der Waals surface area contributed by atoms with Crippen molar-refractivity contribution in [2.45, 2.75) is 19.9 Å². The minimum atomic E-state index is -0.434. The van der Waals surface area contributed by atoms with Crippen molar-refractivity contribution in [1.82, 2.24) is 4.90 Å². The Morgan fingerprint density at radius 2 is 1.76 bits per heavy atom. The quantitative estimate of drug-likeness (QED) is 0.432. The number of carbonyl (C=O) groups excluding carboxylic acids is 2. The number of anilines is 1. The number of hydrogen-bond acceptors (Lipinski definition) is 3. The maximum absolute atomic E-state index is 14.4. The predicted molar refractivity (Wildman–Crippen MR) is 134 cm³/mol. The molecule has 0 fully saturated rings. The maximum atomic E-state index is 14.4. The van der Waals surface area contributed by atoms with Crippen LogP contribution in [0.3, 0.4) is 0 Å². The predicted octanol–water partition coefficient (Wildman–Crippen LogP) is 5.73. The Bertz CT molecular complexity index is 1380. The number of aryl methyl sites for hydroxylation is 1. The van der Waals surface area contributed by atoms with Gasteiger partial charge in [-0.05, 0) is 42.3 Å². The highest BCUT2D eigenvalue weighted by molar-refractivity contribution is 6.11. The number of benzene rings is 4. The van der Waals surface area contributed by atoms with Crippen LogP contribution in [-0.2, 0) is 4.79 Å². The highest BCUT2D eigenvalue weighted by Crippen LogP contribution is 2.39. The summed E-state index contributed by atoms with van der Waals surface area (Å²) >= 11 is 0. The fourth-order valence-corrected chi connectivity index (χ4v) is 4.70. The van der Waals surface area contributed by atoms with Gasteiger partial charge in [0.1, 0.15) is 12.3 Å². The van der Waals surface area contributed by atoms with Gasteiger partial charge in [0.15, 0.2) is 0 Å². The second kappa shape index (κ2) is 9.02. The molecule has 170 valence electrons. The molecule has 1 unspecified atom stereocenters. The van der Waals surface area contributed by atoms with Gasteiger partial charge in [0.25, 0.3) is 5.91 Å². The Labute approximate surface area is 199 Å². The van der Waals surface area contributed by atoms with Gasteiger partial charge in [0.05, 0.1) is 18.2 Å². The number of rotatable bonds is 4. The summed E-state index contributed by atoms with van der Waals surface area (Å²) in [5.41, 5.74) is 4.09. The van der Waals surface area contributed by atoms with Crippen molar-refractivity contribution < 1.29 is 14.3 Å². The number of ether oxygens (including phenoxy) is 1. The second-order valence-corrected chi connectivity index (χ2v) is 8.48. The van der Waals surface area contributed by atoms with Gasteiger partial charge in [-0.1, -0.05) is 78.4 Å². The molecule has 1 heterocycles. The maximum Gasteiger partial charge on any atom is 0.259 e. The second-order valence-electron chi connectivity index (χ2n) is 8.48. The van der Waals surface area contributed by atoms with Crippen molar-refractivity contribution in [3.05, 3.63) is 107 Å². The third-order valence-corrected chi connectivity index (χ3v) is 6.18. The van der Waals surface area contributed by atoms with Gasteiger partial charge in [-0.2, -0.15) is 0 Å². The molecule has 0 spiro atoms. The van der Waals surface area contributed by atoms with E-state index >= 15 is 0 Å². The average molecular weight is 451 g/mol. The number of nitrogens with zero attached hydrogens (tertiary/aromatic N) is 1. The lowest BCUT2D eigenvalue weighted by Crippen LogP contribution is -2.39. The molecule has 0 aromatic heterocycles. The van der Waals surface area contributed by atoms with Crippen LogP contribution in [0.5, 0.6) is 5.75 Å². The number of fused-ring (bicyclic) bond motifs is 2. The van der Waals surface area contributed by atoms with E-state index in [0.717, 1.165) is 33.2 Å². The lowest BCUT2D eigenvalue weighted by molar-refractivity contribution is -0.117. The summed E-state index contributed by atoms with van der Waals surface area (Å²) in [6.07, 6.45) is 0. The van der Waals surface area contributed by atoms with Crippen LogP contribution in [0, 0.1) is 6.92 Å². The molecule has 4 aromatic rings. The first-order valence-electron chi connectivity index (χ1n) is 11.5. The normalized spacial score (nSPS) is 15.4. The number of carbonyl (C=O) groups is 2. The van der Waals surface area contributed by atoms with Crippen LogP contribution >= 0.6 is 0 Å². The summed E-state index contributed by atoms with van der Waals surface area (Å²) in [6.45, 7) is 4.28. The Morgan fingerprint density at radius 1 is 1.00 bits per heavy atom. The molecular weight excluding hydrogens is 424 g/mol. The lowest BCUT2D eigenvalue weighted by atomic mass is 9.93. The molecule has 34 heavy (non-hydrogen) atoms. The molecule has 5 nitrogen and oxygen atoms in total. The molecule has 0 bridgehead atoms. The highest BCUT2D eigenvalue weighted by Gasteiger charge is 2.35. The van der Waals surface area contributed by atoms with E-state index in [9.17, 15) is 9.59 Å². The van der Waals surface area contributed by atoms with Crippen LogP contribution in [0.15, 0.2) is 84.9 Å². The largest absolute Gasteiger partial charge is 0.493 e. The van der Waals surface area contributed by atoms with Crippen molar-refractivity contribution in [3.63, 3.8) is 0 Å². The van der Waals surface area contributed by atoms with Gasteiger partial charge in [-0.15, -0.1) is 0 Å². The summed E-state index contributed by atoms with van der Waals surface area (Å²) in [5, 5.41) is 4.75. The Morgan fingerprint density at radius 3 is 2.56 bits per heavy atom. The summed E-state index contributed by atoms with van der Waals surface area (Å²) < 4.78 is 5.90. The van der Waals surface area contributed by atoms with Crippen molar-refractivity contribution in [2.75, 3.05) is 18.5 Å². The Kier molecular flexibility index (Phi) is 5.76. The number of amides is 2. The van der Waals surface area contributed by atoms with Crippen LogP contribution in [0.2, 0.25) is 0 Å². The van der Waals surface area contributed by atoms with E-state index < -0.39 is 6.04 Å². The molecule has 0 saturated carbocycles. The van der Waals surface area contributed by atoms with Gasteiger partial charge in [0, 0.05) is 11.3 Å². The van der Waals surface area contributed by atoms with E-state index in [0.29, 0.717) is 17.9 Å². The fourth-order valence-electron chi connectivity index (χ4n) is 4.70. The molecule has 1 aliphatic heterocycles. The Hall–Kier alpha value is -4.12. The smallest absolute Gasteiger partial charge is 0.259 e. The standard InChI is InChI=1S/C29H26N2O3/c1-3-34-25-16-14-20-9-7-8-12-22(20)27(25)29(33)31-18-26(32)30-24-15-13-19(2)17-23(24)28(31)21-10-5-4-6-11-21/h4-17,28H,3,18H2,1-2H3,(H,30,32). The van der Waals surface area contributed by atoms with Gasteiger partial charge < -0.3 is 15.0 Å². The van der Waals surface area contributed by atoms with E-state index in [1.807, 2.05) is 98.8 Å². The summed E-state index contributed by atoms with van der Waals surface area (Å²) in [7, 11) is 0. The van der Waals surface area contributed by atoms with Crippen LogP contribution in [0.25, 0.3) is 10.8 Å². The first kappa shape index (κ1) is 21.7. The first-order chi connectivity index (χ1) is 16.6. The van der Waals surface area contributed by atoms with Crippen LogP contribution < -0.4 is 10.1 Å². The number of hydrogen-bond donors (Lipinski definition) is 1. The zero-order chi connectivity index (χ0) is 23.7. The minimum absolute atomic E-state index is 0.0685. The van der Waals surface area contributed by atoms with Crippen molar-refractivity contribution in [2.24, 2.45) is 0 Å². The van der Waals surface area contributed by atoms with Crippen molar-refractivity contribution in [1.29, 1.82) is 0 Å². The monoisotopic (exact) mass is 450 g/mol. The molecule has 0 aliphatic carbocycles. The molecule has 0 saturated heterocycles. The Balaban J connectivity index is 1.74. The molecule has 4 aromatic carbocycles.